The van der Waals surface area contributed by atoms with Crippen LogP contribution in [-0.4, -0.2) is 59.4 Å². The Morgan fingerprint density at radius 1 is 1.00 bits per heavy atom. The molecule has 0 spiro atoms. The van der Waals surface area contributed by atoms with Gasteiger partial charge in [0.15, 0.2) is 0 Å². The second-order valence-corrected chi connectivity index (χ2v) is 8.99. The zero-order valence-electron chi connectivity index (χ0n) is 19.0. The van der Waals surface area contributed by atoms with Crippen LogP contribution in [0.25, 0.3) is 0 Å². The van der Waals surface area contributed by atoms with Gasteiger partial charge < -0.3 is 14.5 Å². The van der Waals surface area contributed by atoms with Crippen molar-refractivity contribution in [1.82, 2.24) is 14.8 Å². The Morgan fingerprint density at radius 3 is 2.48 bits per heavy atom. The van der Waals surface area contributed by atoms with Gasteiger partial charge in [0.2, 0.25) is 5.91 Å². The fraction of sp³-hybridized carbons (Fsp3) is 0.500. The van der Waals surface area contributed by atoms with Crippen LogP contribution in [0.15, 0.2) is 42.6 Å². The number of nitrogens with zero attached hydrogens (tertiary/aromatic N) is 3. The normalized spacial score (nSPS) is 17.1. The highest BCUT2D eigenvalue weighted by Gasteiger charge is 2.25. The quantitative estimate of drug-likeness (QED) is 0.633. The molecule has 1 aliphatic heterocycles. The largest absolute Gasteiger partial charge is 0.494 e. The molecule has 2 heterocycles. The number of rotatable bonds is 7. The van der Waals surface area contributed by atoms with Crippen molar-refractivity contribution in [2.45, 2.75) is 44.9 Å². The third-order valence-corrected chi connectivity index (χ3v) is 6.64. The molecule has 2 aliphatic rings. The van der Waals surface area contributed by atoms with Gasteiger partial charge in [-0.05, 0) is 42.7 Å². The second-order valence-electron chi connectivity index (χ2n) is 8.99. The number of ether oxygens (including phenoxy) is 1. The minimum absolute atomic E-state index is 0.0416. The highest BCUT2D eigenvalue weighted by molar-refractivity contribution is 5.94. The Kier molecular flexibility index (Phi) is 7.92. The Labute approximate surface area is 194 Å². The molecule has 2 fully saturated rings. The van der Waals surface area contributed by atoms with Crippen molar-refractivity contribution in [1.29, 1.82) is 0 Å². The molecular weight excluding hydrogens is 421 g/mol. The zero-order valence-corrected chi connectivity index (χ0v) is 19.0. The summed E-state index contributed by atoms with van der Waals surface area (Å²) in [4.78, 5) is 33.0. The van der Waals surface area contributed by atoms with Gasteiger partial charge >= 0.3 is 0 Å². The summed E-state index contributed by atoms with van der Waals surface area (Å²) in [5, 5.41) is 0. The molecule has 2 aromatic rings. The van der Waals surface area contributed by atoms with E-state index in [4.69, 9.17) is 4.74 Å². The van der Waals surface area contributed by atoms with Crippen LogP contribution in [-0.2, 0) is 11.2 Å². The van der Waals surface area contributed by atoms with Crippen LogP contribution >= 0.6 is 0 Å². The van der Waals surface area contributed by atoms with Crippen LogP contribution in [0.4, 0.5) is 4.39 Å². The fourth-order valence-corrected chi connectivity index (χ4v) is 4.66. The van der Waals surface area contributed by atoms with Crippen LogP contribution in [0, 0.1) is 11.7 Å². The standard InChI is InChI=1S/C26H32FN3O3/c27-22-9-10-23(28-19-22)18-25(31)29-12-14-30(15-13-29)26(32)21-7-4-8-24(17-21)33-16-11-20-5-2-1-3-6-20/h4,7-10,17,19-20H,1-3,5-6,11-16,18H2. The van der Waals surface area contributed by atoms with Gasteiger partial charge in [-0.2, -0.15) is 0 Å². The third kappa shape index (κ3) is 6.53. The molecule has 1 aliphatic carbocycles. The van der Waals surface area contributed by atoms with Gasteiger partial charge in [0.05, 0.1) is 19.2 Å². The molecular formula is C26H32FN3O3. The van der Waals surface area contributed by atoms with Crippen molar-refractivity contribution in [2.24, 2.45) is 5.92 Å². The minimum atomic E-state index is -0.419. The van der Waals surface area contributed by atoms with Gasteiger partial charge in [-0.25, -0.2) is 4.39 Å². The summed E-state index contributed by atoms with van der Waals surface area (Å²) >= 11 is 0. The summed E-state index contributed by atoms with van der Waals surface area (Å²) in [5.74, 6) is 0.977. The number of benzene rings is 1. The highest BCUT2D eigenvalue weighted by Crippen LogP contribution is 2.26. The molecule has 0 bridgehead atoms. The van der Waals surface area contributed by atoms with Gasteiger partial charge in [-0.15, -0.1) is 0 Å². The van der Waals surface area contributed by atoms with Gasteiger partial charge in [0.1, 0.15) is 11.6 Å². The third-order valence-electron chi connectivity index (χ3n) is 6.64. The van der Waals surface area contributed by atoms with Crippen LogP contribution in [0.1, 0.15) is 54.6 Å². The zero-order chi connectivity index (χ0) is 23.0. The highest BCUT2D eigenvalue weighted by atomic mass is 19.1. The number of hydrogen-bond donors (Lipinski definition) is 0. The summed E-state index contributed by atoms with van der Waals surface area (Å²) in [6.07, 6.45) is 8.94. The van der Waals surface area contributed by atoms with E-state index >= 15 is 0 Å². The molecule has 0 radical (unpaired) electrons. The van der Waals surface area contributed by atoms with E-state index in [1.807, 2.05) is 24.3 Å². The van der Waals surface area contributed by atoms with E-state index < -0.39 is 5.82 Å². The van der Waals surface area contributed by atoms with Crippen molar-refractivity contribution in [3.05, 3.63) is 59.7 Å². The maximum Gasteiger partial charge on any atom is 0.254 e. The number of amides is 2. The smallest absolute Gasteiger partial charge is 0.254 e. The molecule has 1 saturated carbocycles. The molecule has 33 heavy (non-hydrogen) atoms. The molecule has 7 heteroatoms. The summed E-state index contributed by atoms with van der Waals surface area (Å²) in [6, 6.07) is 10.2. The Morgan fingerprint density at radius 2 is 1.76 bits per heavy atom. The molecule has 6 nitrogen and oxygen atoms in total. The Bertz CT molecular complexity index is 936. The lowest BCUT2D eigenvalue weighted by atomic mass is 9.87. The number of halogens is 1. The Balaban J connectivity index is 1.24. The topological polar surface area (TPSA) is 62.7 Å². The first-order valence-corrected chi connectivity index (χ1v) is 12.0. The molecule has 176 valence electrons. The SMILES string of the molecule is O=C(Cc1ccc(F)cn1)N1CCN(C(=O)c2cccc(OCCC3CCCCC3)c2)CC1. The van der Waals surface area contributed by atoms with Crippen molar-refractivity contribution >= 4 is 11.8 Å². The molecule has 2 amide bonds. The lowest BCUT2D eigenvalue weighted by Gasteiger charge is -2.35. The average molecular weight is 454 g/mol. The lowest BCUT2D eigenvalue weighted by Crippen LogP contribution is -2.51. The first-order chi connectivity index (χ1) is 16.1. The molecule has 1 saturated heterocycles. The van der Waals surface area contributed by atoms with E-state index in [9.17, 15) is 14.0 Å². The summed E-state index contributed by atoms with van der Waals surface area (Å²) in [5.41, 5.74) is 1.15. The molecule has 0 atom stereocenters. The fourth-order valence-electron chi connectivity index (χ4n) is 4.66. The molecule has 1 aromatic carbocycles. The molecule has 4 rings (SSSR count). The maximum atomic E-state index is 13.0. The molecule has 1 aromatic heterocycles. The van der Waals surface area contributed by atoms with E-state index in [-0.39, 0.29) is 18.2 Å². The predicted molar refractivity (Wildman–Crippen MR) is 124 cm³/mol. The maximum absolute atomic E-state index is 13.0. The van der Waals surface area contributed by atoms with Gasteiger partial charge in [0, 0.05) is 37.4 Å². The van der Waals surface area contributed by atoms with E-state index in [0.717, 1.165) is 24.3 Å². The van der Waals surface area contributed by atoms with Crippen LogP contribution in [0.3, 0.4) is 0 Å². The van der Waals surface area contributed by atoms with E-state index in [1.54, 1.807) is 9.80 Å². The number of pyridine rings is 1. The van der Waals surface area contributed by atoms with E-state index in [2.05, 4.69) is 4.98 Å². The van der Waals surface area contributed by atoms with Crippen molar-refractivity contribution in [2.75, 3.05) is 32.8 Å². The van der Waals surface area contributed by atoms with Gasteiger partial charge in [-0.3, -0.25) is 14.6 Å². The number of carbonyl (C=O) groups excluding carboxylic acids is 2. The van der Waals surface area contributed by atoms with Crippen molar-refractivity contribution in [3.63, 3.8) is 0 Å². The predicted octanol–water partition coefficient (Wildman–Crippen LogP) is 4.10. The first kappa shape index (κ1) is 23.2. The number of piperazine rings is 1. The second kappa shape index (κ2) is 11.3. The number of hydrogen-bond acceptors (Lipinski definition) is 4. The molecule has 0 N–H and O–H groups in total. The summed E-state index contributed by atoms with van der Waals surface area (Å²) in [6.45, 7) is 2.60. The monoisotopic (exact) mass is 453 g/mol. The summed E-state index contributed by atoms with van der Waals surface area (Å²) < 4.78 is 18.9. The average Bonchev–Trinajstić information content (AvgIpc) is 2.86. The number of aromatic nitrogens is 1. The Hall–Kier alpha value is -2.96. The van der Waals surface area contributed by atoms with Crippen LogP contribution in [0.2, 0.25) is 0 Å². The van der Waals surface area contributed by atoms with E-state index in [1.165, 1.54) is 44.2 Å². The van der Waals surface area contributed by atoms with Crippen LogP contribution < -0.4 is 4.74 Å². The number of carbonyl (C=O) groups is 2. The molecule has 0 unspecified atom stereocenters. The van der Waals surface area contributed by atoms with Crippen molar-refractivity contribution < 1.29 is 18.7 Å². The van der Waals surface area contributed by atoms with Gasteiger partial charge in [-0.1, -0.05) is 38.2 Å². The lowest BCUT2D eigenvalue weighted by molar-refractivity contribution is -0.132. The van der Waals surface area contributed by atoms with E-state index in [0.29, 0.717) is 44.0 Å². The van der Waals surface area contributed by atoms with Crippen molar-refractivity contribution in [3.8, 4) is 5.75 Å². The minimum Gasteiger partial charge on any atom is -0.494 e. The van der Waals surface area contributed by atoms with Gasteiger partial charge in [0.25, 0.3) is 5.91 Å². The summed E-state index contributed by atoms with van der Waals surface area (Å²) in [7, 11) is 0. The first-order valence-electron chi connectivity index (χ1n) is 12.0. The van der Waals surface area contributed by atoms with Crippen LogP contribution in [0.5, 0.6) is 5.75 Å².